The molecule has 0 aromatic carbocycles. The molecule has 2 nitrogen and oxygen atoms in total. The predicted octanol–water partition coefficient (Wildman–Crippen LogP) is 0.499. The van der Waals surface area contributed by atoms with Crippen LogP contribution in [0.5, 0.6) is 0 Å². The molecular formula is C7H15AlN2. The third-order valence-electron chi connectivity index (χ3n) is 1.33. The van der Waals surface area contributed by atoms with Crippen molar-refractivity contribution in [1.29, 1.82) is 0 Å². The van der Waals surface area contributed by atoms with Crippen molar-refractivity contribution in [2.24, 2.45) is 0 Å². The van der Waals surface area contributed by atoms with Gasteiger partial charge in [0.05, 0.1) is 6.33 Å². The molecule has 0 radical (unpaired) electrons. The number of aromatic nitrogens is 2. The van der Waals surface area contributed by atoms with Gasteiger partial charge in [0.1, 0.15) is 0 Å². The van der Waals surface area contributed by atoms with Crippen LogP contribution in [0, 0.1) is 0 Å². The van der Waals surface area contributed by atoms with Gasteiger partial charge >= 0.3 is 0 Å². The molecule has 0 amide bonds. The van der Waals surface area contributed by atoms with Gasteiger partial charge in [0, 0.05) is 18.9 Å². The predicted molar refractivity (Wildman–Crippen MR) is 47.1 cm³/mol. The summed E-state index contributed by atoms with van der Waals surface area (Å²) < 4.78 is 2.10. The lowest BCUT2D eigenvalue weighted by Gasteiger charge is -1.96. The van der Waals surface area contributed by atoms with Gasteiger partial charge in [-0.25, -0.2) is 4.98 Å². The highest BCUT2D eigenvalue weighted by Crippen LogP contribution is 1.92. The molecule has 3 heteroatoms. The van der Waals surface area contributed by atoms with E-state index in [0.29, 0.717) is 0 Å². The highest BCUT2D eigenvalue weighted by molar-refractivity contribution is 5.75. The lowest BCUT2D eigenvalue weighted by molar-refractivity contribution is 0.631. The largest absolute Gasteiger partial charge is 0.337 e. The SMILES string of the molecule is CCCCn1ccnc1.[AlH3]. The van der Waals surface area contributed by atoms with Crippen LogP contribution >= 0.6 is 0 Å². The van der Waals surface area contributed by atoms with Crippen molar-refractivity contribution in [3.8, 4) is 0 Å². The van der Waals surface area contributed by atoms with Crippen LogP contribution in [0.15, 0.2) is 18.7 Å². The topological polar surface area (TPSA) is 17.8 Å². The molecular weight excluding hydrogens is 139 g/mol. The Kier molecular flexibility index (Phi) is 5.38. The first kappa shape index (κ1) is 9.74. The summed E-state index contributed by atoms with van der Waals surface area (Å²) in [5.41, 5.74) is 0. The lowest BCUT2D eigenvalue weighted by atomic mass is 10.3. The fraction of sp³-hybridized carbons (Fsp3) is 0.571. The van der Waals surface area contributed by atoms with Crippen LogP contribution in [0.25, 0.3) is 0 Å². The van der Waals surface area contributed by atoms with E-state index in [-0.39, 0.29) is 17.4 Å². The molecule has 0 aliphatic rings. The quantitative estimate of drug-likeness (QED) is 0.580. The van der Waals surface area contributed by atoms with Crippen LogP contribution in [0.1, 0.15) is 19.8 Å². The molecule has 0 fully saturated rings. The van der Waals surface area contributed by atoms with E-state index < -0.39 is 0 Å². The van der Waals surface area contributed by atoms with Gasteiger partial charge in [-0.1, -0.05) is 13.3 Å². The highest BCUT2D eigenvalue weighted by Gasteiger charge is 1.85. The Morgan fingerprint density at radius 1 is 1.50 bits per heavy atom. The van der Waals surface area contributed by atoms with Crippen molar-refractivity contribution < 1.29 is 0 Å². The highest BCUT2D eigenvalue weighted by atomic mass is 27.0. The van der Waals surface area contributed by atoms with Crippen molar-refractivity contribution in [3.63, 3.8) is 0 Å². The fourth-order valence-electron chi connectivity index (χ4n) is 0.760. The number of hydrogen-bond acceptors (Lipinski definition) is 1. The number of hydrogen-bond donors (Lipinski definition) is 0. The van der Waals surface area contributed by atoms with Crippen LogP contribution in [0.4, 0.5) is 0 Å². The monoisotopic (exact) mass is 154 g/mol. The molecule has 1 rings (SSSR count). The number of imidazole rings is 1. The van der Waals surface area contributed by atoms with Crippen LogP contribution < -0.4 is 0 Å². The van der Waals surface area contributed by atoms with E-state index in [0.717, 1.165) is 6.54 Å². The van der Waals surface area contributed by atoms with E-state index in [1.54, 1.807) is 0 Å². The van der Waals surface area contributed by atoms with Gasteiger partial charge in [0.15, 0.2) is 17.4 Å². The molecule has 56 valence electrons. The summed E-state index contributed by atoms with van der Waals surface area (Å²) in [6.07, 6.45) is 8.16. The molecule has 0 aliphatic heterocycles. The molecule has 1 aromatic rings. The maximum atomic E-state index is 3.94. The minimum atomic E-state index is 0. The van der Waals surface area contributed by atoms with Crippen LogP contribution in [-0.2, 0) is 6.54 Å². The van der Waals surface area contributed by atoms with Crippen molar-refractivity contribution in [2.75, 3.05) is 0 Å². The number of rotatable bonds is 3. The van der Waals surface area contributed by atoms with E-state index in [4.69, 9.17) is 0 Å². The first-order valence-corrected chi connectivity index (χ1v) is 3.39. The zero-order chi connectivity index (χ0) is 6.53. The van der Waals surface area contributed by atoms with E-state index in [2.05, 4.69) is 16.5 Å². The molecule has 0 saturated heterocycles. The normalized spacial score (nSPS) is 8.90. The molecule has 0 aliphatic carbocycles. The van der Waals surface area contributed by atoms with Crippen molar-refractivity contribution >= 4 is 17.4 Å². The number of aryl methyl sites for hydroxylation is 1. The lowest BCUT2D eigenvalue weighted by Crippen LogP contribution is -1.92. The van der Waals surface area contributed by atoms with Gasteiger partial charge in [0.2, 0.25) is 0 Å². The minimum absolute atomic E-state index is 0. The van der Waals surface area contributed by atoms with Gasteiger partial charge in [-0.2, -0.15) is 0 Å². The standard InChI is InChI=1S/C7H12N2.Al.3H/c1-2-3-5-9-6-4-8-7-9;;;;/h4,6-7H,2-3,5H2,1H3;;;;. The molecule has 1 heterocycles. The van der Waals surface area contributed by atoms with E-state index in [1.165, 1.54) is 12.8 Å². The van der Waals surface area contributed by atoms with Gasteiger partial charge in [-0.05, 0) is 6.42 Å². The fourth-order valence-corrected chi connectivity index (χ4v) is 0.760. The minimum Gasteiger partial charge on any atom is -0.337 e. The van der Waals surface area contributed by atoms with Gasteiger partial charge in [0.25, 0.3) is 0 Å². The van der Waals surface area contributed by atoms with Crippen molar-refractivity contribution in [1.82, 2.24) is 9.55 Å². The second kappa shape index (κ2) is 5.52. The molecule has 0 atom stereocenters. The average molecular weight is 154 g/mol. The Labute approximate surface area is 72.4 Å². The molecule has 0 spiro atoms. The zero-order valence-corrected chi connectivity index (χ0v) is 5.75. The van der Waals surface area contributed by atoms with E-state index in [1.807, 2.05) is 18.7 Å². The Morgan fingerprint density at radius 3 is 2.80 bits per heavy atom. The summed E-state index contributed by atoms with van der Waals surface area (Å²) in [5.74, 6) is 0. The smallest absolute Gasteiger partial charge is 0.187 e. The maximum absolute atomic E-state index is 3.94. The summed E-state index contributed by atoms with van der Waals surface area (Å²) in [6.45, 7) is 3.30. The third-order valence-corrected chi connectivity index (χ3v) is 1.33. The second-order valence-corrected chi connectivity index (χ2v) is 2.15. The Balaban J connectivity index is 0.000000810. The van der Waals surface area contributed by atoms with Crippen molar-refractivity contribution in [3.05, 3.63) is 18.7 Å². The van der Waals surface area contributed by atoms with Crippen molar-refractivity contribution in [2.45, 2.75) is 26.3 Å². The molecule has 0 saturated carbocycles. The Bertz CT molecular complexity index is 149. The zero-order valence-electron chi connectivity index (χ0n) is 5.75. The van der Waals surface area contributed by atoms with Gasteiger partial charge < -0.3 is 4.57 Å². The molecule has 10 heavy (non-hydrogen) atoms. The molecule has 1 aromatic heterocycles. The summed E-state index contributed by atoms with van der Waals surface area (Å²) in [4.78, 5) is 3.94. The summed E-state index contributed by atoms with van der Waals surface area (Å²) in [5, 5.41) is 0. The van der Waals surface area contributed by atoms with Crippen LogP contribution in [-0.4, -0.2) is 26.9 Å². The summed E-state index contributed by atoms with van der Waals surface area (Å²) in [7, 11) is 0. The Morgan fingerprint density at radius 2 is 2.30 bits per heavy atom. The third kappa shape index (κ3) is 3.05. The Hall–Kier alpha value is -0.258. The number of unbranched alkanes of at least 4 members (excludes halogenated alkanes) is 1. The maximum Gasteiger partial charge on any atom is 0.187 e. The first-order chi connectivity index (χ1) is 4.43. The molecule has 0 unspecified atom stereocenters. The molecule has 0 N–H and O–H groups in total. The first-order valence-electron chi connectivity index (χ1n) is 3.39. The van der Waals surface area contributed by atoms with Gasteiger partial charge in [-0.15, -0.1) is 0 Å². The summed E-state index contributed by atoms with van der Waals surface area (Å²) in [6, 6.07) is 0. The van der Waals surface area contributed by atoms with E-state index >= 15 is 0 Å². The van der Waals surface area contributed by atoms with Gasteiger partial charge in [-0.3, -0.25) is 0 Å². The van der Waals surface area contributed by atoms with Crippen LogP contribution in [0.3, 0.4) is 0 Å². The second-order valence-electron chi connectivity index (χ2n) is 2.15. The van der Waals surface area contributed by atoms with E-state index in [9.17, 15) is 0 Å². The van der Waals surface area contributed by atoms with Crippen LogP contribution in [0.2, 0.25) is 0 Å². The number of nitrogens with zero attached hydrogens (tertiary/aromatic N) is 2. The molecule has 0 bridgehead atoms. The average Bonchev–Trinajstić information content (AvgIpc) is 2.34. The summed E-state index contributed by atoms with van der Waals surface area (Å²) >= 11 is 0.